The highest BCUT2D eigenvalue weighted by Crippen LogP contribution is 2.18. The molecule has 2 rings (SSSR count). The van der Waals surface area contributed by atoms with Crippen molar-refractivity contribution in [2.24, 2.45) is 0 Å². The Balaban J connectivity index is 1.69. The molecular weight excluding hydrogens is 326 g/mol. The number of aromatic hydroxyl groups is 2. The average molecular weight is 353 g/mol. The highest BCUT2D eigenvalue weighted by molar-refractivity contribution is 5.85. The van der Waals surface area contributed by atoms with Crippen LogP contribution in [0.15, 0.2) is 48.5 Å². The van der Waals surface area contributed by atoms with Gasteiger partial charge in [-0.2, -0.15) is 0 Å². The highest BCUT2D eigenvalue weighted by atomic mass is 16.3. The van der Waals surface area contributed by atoms with Crippen molar-refractivity contribution >= 4 is 11.4 Å². The fourth-order valence-electron chi connectivity index (χ4n) is 2.72. The van der Waals surface area contributed by atoms with Crippen molar-refractivity contribution in [2.45, 2.75) is 25.7 Å². The van der Waals surface area contributed by atoms with Crippen LogP contribution in [0.2, 0.25) is 0 Å². The van der Waals surface area contributed by atoms with E-state index in [1.54, 1.807) is 24.3 Å². The van der Waals surface area contributed by atoms with Crippen LogP contribution in [-0.4, -0.2) is 46.7 Å². The molecule has 26 heavy (non-hydrogen) atoms. The lowest BCUT2D eigenvalue weighted by Crippen LogP contribution is -2.25. The Hall–Kier alpha value is -2.66. The third kappa shape index (κ3) is 6.33. The molecule has 0 spiro atoms. The summed E-state index contributed by atoms with van der Waals surface area (Å²) in [5, 5.41) is 35.7. The molecule has 138 valence electrons. The van der Waals surface area contributed by atoms with Gasteiger partial charge in [-0.15, -0.1) is 0 Å². The van der Waals surface area contributed by atoms with Gasteiger partial charge in [-0.3, -0.25) is 0 Å². The second-order valence-corrected chi connectivity index (χ2v) is 6.62. The Bertz CT molecular complexity index is 695. The molecule has 0 aliphatic heterocycles. The molecule has 0 fully saturated rings. The van der Waals surface area contributed by atoms with Gasteiger partial charge in [0.25, 0.3) is 0 Å². The SMILES string of the molecule is CN(CCC(=N)Cc1ccccc1O)CCC(=N)Cc1ccccc1O. The van der Waals surface area contributed by atoms with E-state index >= 15 is 0 Å². The Morgan fingerprint density at radius 3 is 1.54 bits per heavy atom. The first-order valence-corrected chi connectivity index (χ1v) is 8.80. The number of para-hydroxylation sites is 2. The number of rotatable bonds is 10. The lowest BCUT2D eigenvalue weighted by molar-refractivity contribution is 0.353. The summed E-state index contributed by atoms with van der Waals surface area (Å²) in [7, 11) is 1.99. The zero-order chi connectivity index (χ0) is 18.9. The molecule has 0 heterocycles. The first-order chi connectivity index (χ1) is 12.5. The summed E-state index contributed by atoms with van der Waals surface area (Å²) in [4.78, 5) is 2.11. The Labute approximate surface area is 154 Å². The summed E-state index contributed by atoms with van der Waals surface area (Å²) in [6, 6.07) is 14.3. The number of hydrogen-bond acceptors (Lipinski definition) is 5. The average Bonchev–Trinajstić information content (AvgIpc) is 2.62. The number of benzene rings is 2. The van der Waals surface area contributed by atoms with E-state index in [9.17, 15) is 10.2 Å². The predicted molar refractivity (Wildman–Crippen MR) is 106 cm³/mol. The first-order valence-electron chi connectivity index (χ1n) is 8.80. The van der Waals surface area contributed by atoms with Gasteiger partial charge in [-0.1, -0.05) is 36.4 Å². The lowest BCUT2D eigenvalue weighted by Gasteiger charge is -2.17. The molecule has 2 aromatic rings. The van der Waals surface area contributed by atoms with Gasteiger partial charge < -0.3 is 25.9 Å². The van der Waals surface area contributed by atoms with Crippen molar-refractivity contribution in [1.29, 1.82) is 10.8 Å². The third-order valence-electron chi connectivity index (χ3n) is 4.38. The van der Waals surface area contributed by atoms with Crippen molar-refractivity contribution in [3.63, 3.8) is 0 Å². The summed E-state index contributed by atoms with van der Waals surface area (Å²) >= 11 is 0. The van der Waals surface area contributed by atoms with Crippen LogP contribution in [-0.2, 0) is 12.8 Å². The minimum Gasteiger partial charge on any atom is -0.508 e. The molecular formula is C21H27N3O2. The van der Waals surface area contributed by atoms with Crippen LogP contribution in [0.25, 0.3) is 0 Å². The zero-order valence-corrected chi connectivity index (χ0v) is 15.2. The van der Waals surface area contributed by atoms with E-state index in [1.807, 2.05) is 31.3 Å². The van der Waals surface area contributed by atoms with Crippen LogP contribution in [0.1, 0.15) is 24.0 Å². The number of phenols is 2. The summed E-state index contributed by atoms with van der Waals surface area (Å²) < 4.78 is 0. The third-order valence-corrected chi connectivity index (χ3v) is 4.38. The van der Waals surface area contributed by atoms with Gasteiger partial charge in [-0.05, 0) is 43.1 Å². The molecule has 0 aromatic heterocycles. The molecule has 0 atom stereocenters. The number of nitrogens with one attached hydrogen (secondary N) is 2. The van der Waals surface area contributed by atoms with E-state index < -0.39 is 0 Å². The lowest BCUT2D eigenvalue weighted by atomic mass is 10.0. The van der Waals surface area contributed by atoms with Crippen molar-refractivity contribution in [2.75, 3.05) is 20.1 Å². The summed E-state index contributed by atoms with van der Waals surface area (Å²) in [6.45, 7) is 1.49. The second kappa shape index (κ2) is 9.73. The van der Waals surface area contributed by atoms with Crippen LogP contribution < -0.4 is 0 Å². The van der Waals surface area contributed by atoms with E-state index in [4.69, 9.17) is 10.8 Å². The number of nitrogens with zero attached hydrogens (tertiary/aromatic N) is 1. The minimum absolute atomic E-state index is 0.239. The molecule has 5 nitrogen and oxygen atoms in total. The summed E-state index contributed by atoms with van der Waals surface area (Å²) in [5.41, 5.74) is 2.74. The number of phenolic OH excluding ortho intramolecular Hbond substituents is 2. The molecule has 0 bridgehead atoms. The molecule has 0 radical (unpaired) electrons. The van der Waals surface area contributed by atoms with Crippen LogP contribution in [0.4, 0.5) is 0 Å². The van der Waals surface area contributed by atoms with Gasteiger partial charge in [0.15, 0.2) is 0 Å². The molecule has 0 aliphatic rings. The predicted octanol–water partition coefficient (Wildman–Crippen LogP) is 3.63. The van der Waals surface area contributed by atoms with Gasteiger partial charge in [0.2, 0.25) is 0 Å². The van der Waals surface area contributed by atoms with Gasteiger partial charge in [0, 0.05) is 37.4 Å². The molecule has 4 N–H and O–H groups in total. The van der Waals surface area contributed by atoms with Crippen LogP contribution in [0.5, 0.6) is 11.5 Å². The highest BCUT2D eigenvalue weighted by Gasteiger charge is 2.08. The van der Waals surface area contributed by atoms with Crippen molar-refractivity contribution in [3.05, 3.63) is 59.7 Å². The van der Waals surface area contributed by atoms with E-state index in [1.165, 1.54) is 0 Å². The van der Waals surface area contributed by atoms with Crippen molar-refractivity contribution in [3.8, 4) is 11.5 Å². The minimum atomic E-state index is 0.239. The summed E-state index contributed by atoms with van der Waals surface area (Å²) in [6.07, 6.45) is 2.20. The van der Waals surface area contributed by atoms with E-state index in [0.29, 0.717) is 37.1 Å². The quantitative estimate of drug-likeness (QED) is 0.492. The maximum atomic E-state index is 9.77. The Morgan fingerprint density at radius 1 is 0.769 bits per heavy atom. The molecule has 0 saturated carbocycles. The van der Waals surface area contributed by atoms with Crippen LogP contribution in [0.3, 0.4) is 0 Å². The maximum absolute atomic E-state index is 9.77. The smallest absolute Gasteiger partial charge is 0.119 e. The molecule has 0 amide bonds. The maximum Gasteiger partial charge on any atom is 0.119 e. The van der Waals surface area contributed by atoms with Gasteiger partial charge in [0.1, 0.15) is 11.5 Å². The summed E-state index contributed by atoms with van der Waals surface area (Å²) in [5.74, 6) is 0.478. The van der Waals surface area contributed by atoms with Crippen molar-refractivity contribution in [1.82, 2.24) is 4.90 Å². The zero-order valence-electron chi connectivity index (χ0n) is 15.2. The molecule has 0 saturated heterocycles. The molecule has 0 aliphatic carbocycles. The van der Waals surface area contributed by atoms with E-state index in [0.717, 1.165) is 24.2 Å². The van der Waals surface area contributed by atoms with Gasteiger partial charge in [-0.25, -0.2) is 0 Å². The van der Waals surface area contributed by atoms with E-state index in [-0.39, 0.29) is 11.5 Å². The fourth-order valence-corrected chi connectivity index (χ4v) is 2.72. The molecule has 5 heteroatoms. The Kier molecular flexibility index (Phi) is 7.36. The normalized spacial score (nSPS) is 10.8. The van der Waals surface area contributed by atoms with Crippen LogP contribution >= 0.6 is 0 Å². The molecule has 2 aromatic carbocycles. The first kappa shape index (κ1) is 19.7. The Morgan fingerprint density at radius 2 is 1.15 bits per heavy atom. The van der Waals surface area contributed by atoms with E-state index in [2.05, 4.69) is 4.90 Å². The number of hydrogen-bond donors (Lipinski definition) is 4. The largest absolute Gasteiger partial charge is 0.508 e. The van der Waals surface area contributed by atoms with Gasteiger partial charge >= 0.3 is 0 Å². The monoisotopic (exact) mass is 353 g/mol. The second-order valence-electron chi connectivity index (χ2n) is 6.62. The fraction of sp³-hybridized carbons (Fsp3) is 0.333. The standard InChI is InChI=1S/C21H27N3O2/c1-24(12-10-18(22)14-16-6-2-4-8-20(16)25)13-11-19(23)15-17-7-3-5-9-21(17)26/h2-9,22-23,25-26H,10-15H2,1H3. The van der Waals surface area contributed by atoms with Crippen molar-refractivity contribution < 1.29 is 10.2 Å². The van der Waals surface area contributed by atoms with Gasteiger partial charge in [0.05, 0.1) is 0 Å². The topological polar surface area (TPSA) is 91.4 Å². The van der Waals surface area contributed by atoms with Crippen LogP contribution in [0, 0.1) is 10.8 Å². The molecule has 0 unspecified atom stereocenters.